The highest BCUT2D eigenvalue weighted by Gasteiger charge is 2.53. The minimum Gasteiger partial charge on any atom is -0.460 e. The van der Waals surface area contributed by atoms with Crippen LogP contribution in [0.3, 0.4) is 0 Å². The zero-order valence-electron chi connectivity index (χ0n) is 40.6. The Morgan fingerprint density at radius 3 is 2.25 bits per heavy atom. The lowest BCUT2D eigenvalue weighted by Crippen LogP contribution is -2.61. The van der Waals surface area contributed by atoms with Crippen molar-refractivity contribution in [2.75, 3.05) is 27.9 Å². The molecule has 14 nitrogen and oxygen atoms in total. The SMILES string of the molecule is CO[C@H]1C[C@@H]2CC[C@@H](C)[C@@](O)(O2)C(=O)C(=O)N2CCCC[C@H]2C(=O)OC([C@H](C)C[C@@H]2CC[C@@H](O)[C@H](OC)C2)CC(=O)[C@H](C)/C=C(\C)[C@@H](O)[C@H](OC)C(=O)[C@H](C)C[C@H](C)/C=C/C=CC=C1C. The number of carbonyl (C=O) groups excluding carboxylic acids is 5. The number of ketones is 3. The van der Waals surface area contributed by atoms with Crippen LogP contribution >= 0.6 is 0 Å². The van der Waals surface area contributed by atoms with Crippen molar-refractivity contribution >= 4 is 29.2 Å². The summed E-state index contributed by atoms with van der Waals surface area (Å²) in [5.41, 5.74) is 1.27. The van der Waals surface area contributed by atoms with Crippen molar-refractivity contribution in [2.24, 2.45) is 35.5 Å². The number of Topliss-reactive ketones (excluding diaryl/α,β-unsaturated/α-hetero) is 3. The number of hydrogen-bond donors (Lipinski definition) is 3. The third-order valence-corrected chi connectivity index (χ3v) is 14.5. The monoisotopic (exact) mass is 914 g/mol. The first-order chi connectivity index (χ1) is 30.7. The van der Waals surface area contributed by atoms with Gasteiger partial charge in [-0.25, -0.2) is 4.79 Å². The Hall–Kier alpha value is -3.37. The smallest absolute Gasteiger partial charge is 0.329 e. The number of amides is 1. The molecule has 3 heterocycles. The largest absolute Gasteiger partial charge is 0.460 e. The number of carbonyl (C=O) groups is 5. The number of aliphatic hydroxyl groups excluding tert-OH is 2. The molecule has 0 aromatic heterocycles. The van der Waals surface area contributed by atoms with E-state index in [0.717, 1.165) is 12.0 Å². The van der Waals surface area contributed by atoms with Crippen molar-refractivity contribution in [2.45, 2.75) is 180 Å². The Kier molecular flexibility index (Phi) is 21.0. The molecule has 2 bridgehead atoms. The van der Waals surface area contributed by atoms with Gasteiger partial charge in [-0.15, -0.1) is 0 Å². The van der Waals surface area contributed by atoms with E-state index in [0.29, 0.717) is 63.4 Å². The lowest BCUT2D eigenvalue weighted by molar-refractivity contribution is -0.265. The van der Waals surface area contributed by atoms with E-state index in [9.17, 15) is 39.3 Å². The molecular weight excluding hydrogens is 835 g/mol. The van der Waals surface area contributed by atoms with Crippen molar-refractivity contribution < 1.29 is 63.0 Å². The van der Waals surface area contributed by atoms with Gasteiger partial charge in [0.1, 0.15) is 30.1 Å². The molecule has 0 aromatic carbocycles. The number of hydrogen-bond acceptors (Lipinski definition) is 13. The number of cyclic esters (lactones) is 1. The molecule has 3 fully saturated rings. The van der Waals surface area contributed by atoms with Crippen molar-refractivity contribution in [1.29, 1.82) is 0 Å². The fourth-order valence-electron chi connectivity index (χ4n) is 10.1. The topological polar surface area (TPSA) is 195 Å². The van der Waals surface area contributed by atoms with Gasteiger partial charge >= 0.3 is 5.97 Å². The number of fused-ring (bicyclic) bond motifs is 3. The molecule has 4 aliphatic rings. The summed E-state index contributed by atoms with van der Waals surface area (Å²) in [5, 5.41) is 33.8. The number of piperidine rings is 1. The first-order valence-electron chi connectivity index (χ1n) is 23.9. The Labute approximate surface area is 387 Å². The van der Waals surface area contributed by atoms with Gasteiger partial charge < -0.3 is 43.9 Å². The summed E-state index contributed by atoms with van der Waals surface area (Å²) >= 11 is 0. The molecule has 1 unspecified atom stereocenters. The van der Waals surface area contributed by atoms with Gasteiger partial charge in [-0.3, -0.25) is 19.2 Å². The molecule has 0 spiro atoms. The van der Waals surface area contributed by atoms with Gasteiger partial charge in [0, 0.05) is 58.5 Å². The molecule has 0 radical (unpaired) electrons. The molecule has 1 saturated carbocycles. The zero-order chi connectivity index (χ0) is 48.2. The number of nitrogens with zero attached hydrogens (tertiary/aromatic N) is 1. The first kappa shape index (κ1) is 54.2. The van der Waals surface area contributed by atoms with Crippen LogP contribution in [0.2, 0.25) is 0 Å². The molecule has 65 heavy (non-hydrogen) atoms. The predicted octanol–water partition coefficient (Wildman–Crippen LogP) is 6.18. The number of allylic oxidation sites excluding steroid dienone is 6. The predicted molar refractivity (Wildman–Crippen MR) is 245 cm³/mol. The average molecular weight is 914 g/mol. The highest BCUT2D eigenvalue weighted by molar-refractivity contribution is 6.39. The Bertz CT molecular complexity index is 1760. The third-order valence-electron chi connectivity index (χ3n) is 14.5. The summed E-state index contributed by atoms with van der Waals surface area (Å²) in [6.45, 7) is 12.7. The van der Waals surface area contributed by atoms with E-state index in [1.165, 1.54) is 12.0 Å². The van der Waals surface area contributed by atoms with Gasteiger partial charge in [0.15, 0.2) is 5.78 Å². The number of esters is 1. The van der Waals surface area contributed by atoms with Gasteiger partial charge in [-0.05, 0) is 107 Å². The molecule has 1 aliphatic carbocycles. The summed E-state index contributed by atoms with van der Waals surface area (Å²) in [6, 6.07) is -1.14. The Morgan fingerprint density at radius 2 is 1.57 bits per heavy atom. The fraction of sp³-hybridized carbons (Fsp3) is 0.745. The van der Waals surface area contributed by atoms with Crippen LogP contribution in [0, 0.1) is 35.5 Å². The molecule has 1 amide bonds. The first-order valence-corrected chi connectivity index (χ1v) is 23.9. The van der Waals surface area contributed by atoms with E-state index < -0.39 is 83.9 Å². The van der Waals surface area contributed by atoms with Crippen LogP contribution in [0.1, 0.15) is 126 Å². The normalized spacial score (nSPS) is 39.1. The number of methoxy groups -OCH3 is 3. The summed E-state index contributed by atoms with van der Waals surface area (Å²) in [5.74, 6) is -7.96. The molecular formula is C51H79NO13. The fourth-order valence-corrected chi connectivity index (χ4v) is 10.1. The lowest BCUT2D eigenvalue weighted by atomic mass is 9.78. The minimum absolute atomic E-state index is 0.0193. The highest BCUT2D eigenvalue weighted by Crippen LogP contribution is 2.38. The average Bonchev–Trinajstić information content (AvgIpc) is 3.28. The lowest BCUT2D eigenvalue weighted by Gasteiger charge is -2.42. The van der Waals surface area contributed by atoms with E-state index in [1.54, 1.807) is 41.1 Å². The maximum atomic E-state index is 14.4. The van der Waals surface area contributed by atoms with Crippen LogP contribution in [-0.2, 0) is 47.7 Å². The molecule has 3 N–H and O–H groups in total. The van der Waals surface area contributed by atoms with Gasteiger partial charge in [0.05, 0.1) is 24.4 Å². The summed E-state index contributed by atoms with van der Waals surface area (Å²) in [4.78, 5) is 71.8. The zero-order valence-corrected chi connectivity index (χ0v) is 40.6. The van der Waals surface area contributed by atoms with Crippen LogP contribution in [0.25, 0.3) is 0 Å². The quantitative estimate of drug-likeness (QED) is 0.156. The van der Waals surface area contributed by atoms with E-state index in [-0.39, 0.29) is 54.8 Å². The van der Waals surface area contributed by atoms with E-state index >= 15 is 0 Å². The minimum atomic E-state index is -2.43. The number of aliphatic hydroxyl groups is 3. The summed E-state index contributed by atoms with van der Waals surface area (Å²) in [6.07, 6.45) is 11.2. The van der Waals surface area contributed by atoms with Gasteiger partial charge in [0.2, 0.25) is 5.79 Å². The molecule has 2 saturated heterocycles. The van der Waals surface area contributed by atoms with E-state index in [1.807, 2.05) is 58.1 Å². The second kappa shape index (κ2) is 25.1. The second-order valence-electron chi connectivity index (χ2n) is 19.6. The van der Waals surface area contributed by atoms with Gasteiger partial charge in [-0.2, -0.15) is 0 Å². The highest BCUT2D eigenvalue weighted by atomic mass is 16.6. The van der Waals surface area contributed by atoms with Gasteiger partial charge in [0.25, 0.3) is 11.7 Å². The van der Waals surface area contributed by atoms with Crippen LogP contribution in [0.5, 0.6) is 0 Å². The van der Waals surface area contributed by atoms with Crippen LogP contribution < -0.4 is 0 Å². The number of rotatable bonds is 6. The molecule has 4 rings (SSSR count). The number of ether oxygens (including phenoxy) is 5. The molecule has 14 heteroatoms. The molecule has 366 valence electrons. The molecule has 0 aromatic rings. The summed E-state index contributed by atoms with van der Waals surface area (Å²) < 4.78 is 29.4. The Morgan fingerprint density at radius 1 is 0.846 bits per heavy atom. The maximum absolute atomic E-state index is 14.4. The van der Waals surface area contributed by atoms with Crippen molar-refractivity contribution in [3.63, 3.8) is 0 Å². The van der Waals surface area contributed by atoms with Crippen molar-refractivity contribution in [3.8, 4) is 0 Å². The van der Waals surface area contributed by atoms with E-state index in [4.69, 9.17) is 23.7 Å². The van der Waals surface area contributed by atoms with Crippen LogP contribution in [0.4, 0.5) is 0 Å². The Balaban J connectivity index is 1.70. The van der Waals surface area contributed by atoms with Crippen LogP contribution in [0.15, 0.2) is 47.6 Å². The van der Waals surface area contributed by atoms with Crippen LogP contribution in [-0.4, -0.2) is 132 Å². The second-order valence-corrected chi connectivity index (χ2v) is 19.6. The van der Waals surface area contributed by atoms with Crippen molar-refractivity contribution in [3.05, 3.63) is 47.6 Å². The summed E-state index contributed by atoms with van der Waals surface area (Å²) in [7, 11) is 4.52. The van der Waals surface area contributed by atoms with Gasteiger partial charge in [-0.1, -0.05) is 71.1 Å². The molecule has 15 atom stereocenters. The third kappa shape index (κ3) is 14.3. The maximum Gasteiger partial charge on any atom is 0.329 e. The van der Waals surface area contributed by atoms with E-state index in [2.05, 4.69) is 0 Å². The van der Waals surface area contributed by atoms with Crippen molar-refractivity contribution in [1.82, 2.24) is 4.90 Å². The standard InChI is InChI=1S/C51H79NO13/c1-30-16-12-11-13-17-31(2)42(61-8)28-38-21-19-36(7)51(60,65-38)48(57)49(58)52-23-15-14-18-39(52)50(59)64-43(33(4)26-37-20-22-40(53)44(27-37)62-9)29-41(54)32(3)25-35(6)46(56)47(63-10)45(55)34(5)24-30/h11-13,16-17,25,30,32-34,36-40,42-44,46-47,53,56,60H,14-15,18-24,26-29H2,1-10H3/b13-11?,16-12+,31-17?,35-25+/t30-,32-,33-,34-,36-,37+,38+,39+,40-,42+,43?,44-,46-,47-,51-/m1/s1. The molecule has 3 aliphatic heterocycles.